The second kappa shape index (κ2) is 28.7. The Morgan fingerprint density at radius 2 is 1.02 bits per heavy atom. The van der Waals surface area contributed by atoms with Crippen molar-refractivity contribution in [3.05, 3.63) is 155 Å². The number of para-hydroxylation sites is 2. The van der Waals surface area contributed by atoms with Crippen LogP contribution >= 0.6 is 15.2 Å². The third kappa shape index (κ3) is 16.2. The van der Waals surface area contributed by atoms with E-state index in [1.54, 1.807) is 103 Å². The lowest BCUT2D eigenvalue weighted by Gasteiger charge is -2.24. The van der Waals surface area contributed by atoms with Gasteiger partial charge in [0.15, 0.2) is 43.3 Å². The Kier molecular flexibility index (Phi) is 23.3. The van der Waals surface area contributed by atoms with Crippen LogP contribution in [0.4, 0.5) is 0 Å². The van der Waals surface area contributed by atoms with Crippen molar-refractivity contribution in [3.8, 4) is 11.5 Å². The summed E-state index contributed by atoms with van der Waals surface area (Å²) in [5.74, 6) is -3.31. The van der Waals surface area contributed by atoms with Crippen molar-refractivity contribution in [2.24, 2.45) is 23.3 Å². The van der Waals surface area contributed by atoms with E-state index in [0.29, 0.717) is 11.3 Å². The summed E-state index contributed by atoms with van der Waals surface area (Å²) in [6.07, 6.45) is -2.50. The Balaban J connectivity index is 0.000000296. The second-order valence-corrected chi connectivity index (χ2v) is 23.2. The number of fused-ring (bicyclic) bond motifs is 1. The standard InChI is InChI=1S/C32H37N2O9P.C22H27N2O9P.2ClH/c1-19-14-20(2)26(21(3)15-19)32-41-27-25(40-30(28(27)42-32)34-13-9-10-23(16-34)29(33)35)17-39-44(37,18-22(4)31(36)38-5)43-24-11-7-6-8-12-24;1-14(22(28)30-2)13-34(29,33-16-8-4-3-5-9-16)31-12-17-18(25)19(26)21(32-17)24-10-6-7-15(11-24)20(23)27;;/h6-16,22,25,27-28,30,32H,17-18H2,1-5H3,(H-,33,35);3-11,14,17-19,21,25-26H,12-13H2,1-2H3,(H-,23,27);2*1H/t22-,25-,27-,28-,30-,32?,44?;14-,17-,18-,19-,21-,34?;;/m11../s1. The molecule has 5 heterocycles. The number of hydrogen-bond donors (Lipinski definition) is 4. The molecule has 3 aliphatic heterocycles. The summed E-state index contributed by atoms with van der Waals surface area (Å²) < 4.78 is 88.5. The highest BCUT2D eigenvalue weighted by Crippen LogP contribution is 2.53. The molecule has 80 heavy (non-hydrogen) atoms. The van der Waals surface area contributed by atoms with Gasteiger partial charge in [-0.25, -0.2) is 9.13 Å². The molecule has 0 saturated carbocycles. The van der Waals surface area contributed by atoms with E-state index in [1.807, 2.05) is 20.8 Å². The summed E-state index contributed by atoms with van der Waals surface area (Å²) in [5, 5.41) is 21.0. The van der Waals surface area contributed by atoms with Gasteiger partial charge in [0.1, 0.15) is 47.0 Å². The van der Waals surface area contributed by atoms with Crippen molar-refractivity contribution >= 4 is 38.9 Å². The molecule has 26 heteroatoms. The van der Waals surface area contributed by atoms with Gasteiger partial charge in [-0.2, -0.15) is 9.13 Å². The highest BCUT2D eigenvalue weighted by Gasteiger charge is 2.58. The molecule has 0 spiro atoms. The van der Waals surface area contributed by atoms with Gasteiger partial charge < -0.3 is 84.0 Å². The van der Waals surface area contributed by atoms with Gasteiger partial charge in [0, 0.05) is 17.7 Å². The molecule has 5 aromatic rings. The minimum absolute atomic E-state index is 0. The quantitative estimate of drug-likeness (QED) is 0.0400. The number of ether oxygens (including phenoxy) is 6. The number of aromatic nitrogens is 2. The lowest BCUT2D eigenvalue weighted by molar-refractivity contribution is -0.766. The number of rotatable bonds is 21. The number of pyridine rings is 2. The second-order valence-electron chi connectivity index (χ2n) is 19.1. The number of esters is 2. The molecule has 3 aromatic carbocycles. The van der Waals surface area contributed by atoms with E-state index in [2.05, 4.69) is 12.1 Å². The average molecular weight is 1190 g/mol. The molecule has 2 aromatic heterocycles. The molecule has 0 bridgehead atoms. The number of carbonyl (C=O) groups excluding carboxylic acids is 4. The van der Waals surface area contributed by atoms with Gasteiger partial charge in [-0.1, -0.05) is 67.9 Å². The van der Waals surface area contributed by atoms with Crippen LogP contribution in [-0.2, 0) is 56.2 Å². The molecular formula is C54H66Cl2N4O18P2. The van der Waals surface area contributed by atoms with Crippen LogP contribution in [0.15, 0.2) is 122 Å². The minimum Gasteiger partial charge on any atom is -1.00 e. The highest BCUT2D eigenvalue weighted by atomic mass is 35.5. The number of nitrogens with zero attached hydrogens (tertiary/aromatic N) is 2. The van der Waals surface area contributed by atoms with Crippen molar-refractivity contribution in [1.82, 2.24) is 0 Å². The topological polar surface area (TPSA) is 295 Å². The zero-order valence-electron chi connectivity index (χ0n) is 44.9. The summed E-state index contributed by atoms with van der Waals surface area (Å²) in [4.78, 5) is 47.5. The Morgan fingerprint density at radius 3 is 1.48 bits per heavy atom. The molecule has 0 radical (unpaired) electrons. The van der Waals surface area contributed by atoms with Crippen LogP contribution in [-0.4, -0.2) is 110 Å². The van der Waals surface area contributed by atoms with Crippen molar-refractivity contribution < 1.29 is 119 Å². The molecule has 434 valence electrons. The fraction of sp³-hybridized carbons (Fsp3) is 0.407. The molecule has 0 aliphatic carbocycles. The zero-order chi connectivity index (χ0) is 56.5. The van der Waals surface area contributed by atoms with E-state index in [-0.39, 0.29) is 55.1 Å². The number of nitrogens with two attached hydrogens (primary N) is 2. The van der Waals surface area contributed by atoms with E-state index >= 15 is 0 Å². The first kappa shape index (κ1) is 65.0. The van der Waals surface area contributed by atoms with E-state index in [0.717, 1.165) is 22.3 Å². The van der Waals surface area contributed by atoms with Gasteiger partial charge in [0.2, 0.25) is 0 Å². The Hall–Kier alpha value is -5.84. The van der Waals surface area contributed by atoms with E-state index in [1.165, 1.54) is 44.2 Å². The van der Waals surface area contributed by atoms with Crippen LogP contribution < -0.4 is 54.5 Å². The third-order valence-electron chi connectivity index (χ3n) is 13.0. The number of hydrogen-bond acceptors (Lipinski definition) is 18. The van der Waals surface area contributed by atoms with Gasteiger partial charge >= 0.3 is 27.1 Å². The largest absolute Gasteiger partial charge is 1.00 e. The number of amides is 2. The molecule has 6 N–H and O–H groups in total. The van der Waals surface area contributed by atoms with Gasteiger partial charge in [-0.3, -0.25) is 28.2 Å². The highest BCUT2D eigenvalue weighted by molar-refractivity contribution is 7.54. The van der Waals surface area contributed by atoms with Crippen molar-refractivity contribution in [2.75, 3.05) is 39.8 Å². The molecule has 2 amide bonds. The first-order valence-corrected chi connectivity index (χ1v) is 28.4. The smallest absolute Gasteiger partial charge is 0.380 e. The van der Waals surface area contributed by atoms with Gasteiger partial charge in [-0.05, 0) is 68.3 Å². The maximum absolute atomic E-state index is 14.1. The lowest BCUT2D eigenvalue weighted by atomic mass is 9.99. The number of carbonyl (C=O) groups is 4. The first-order valence-electron chi connectivity index (χ1n) is 24.9. The predicted octanol–water partition coefficient (Wildman–Crippen LogP) is -0.726. The Morgan fingerprint density at radius 1 is 0.600 bits per heavy atom. The van der Waals surface area contributed by atoms with E-state index in [4.69, 9.17) is 58.0 Å². The fourth-order valence-electron chi connectivity index (χ4n) is 9.23. The number of aliphatic hydroxyl groups excluding tert-OH is 2. The van der Waals surface area contributed by atoms with E-state index in [9.17, 15) is 38.5 Å². The molecule has 22 nitrogen and oxygen atoms in total. The average Bonchev–Trinajstić information content (AvgIpc) is 4.19. The lowest BCUT2D eigenvalue weighted by Crippen LogP contribution is -3.00. The molecule has 3 aliphatic rings. The van der Waals surface area contributed by atoms with Crippen molar-refractivity contribution in [3.63, 3.8) is 0 Å². The maximum Gasteiger partial charge on any atom is 0.380 e. The summed E-state index contributed by atoms with van der Waals surface area (Å²) in [7, 11) is -5.33. The normalized spacial score (nSPS) is 24.1. The molecule has 13 atom stereocenters. The number of aryl methyl sites for hydroxylation is 3. The third-order valence-corrected chi connectivity index (χ3v) is 17.1. The summed E-state index contributed by atoms with van der Waals surface area (Å²) in [5.41, 5.74) is 15.4. The number of primary amides is 2. The minimum atomic E-state index is -3.92. The van der Waals surface area contributed by atoms with Gasteiger partial charge in [-0.15, -0.1) is 0 Å². The Labute approximate surface area is 475 Å². The van der Waals surface area contributed by atoms with Crippen LogP contribution in [0.2, 0.25) is 0 Å². The van der Waals surface area contributed by atoms with Crippen LogP contribution in [0.5, 0.6) is 11.5 Å². The van der Waals surface area contributed by atoms with E-state index < -0.39 is 113 Å². The van der Waals surface area contributed by atoms with Gasteiger partial charge in [0.05, 0.1) is 51.6 Å². The zero-order valence-corrected chi connectivity index (χ0v) is 48.2. The maximum atomic E-state index is 14.1. The predicted molar refractivity (Wildman–Crippen MR) is 277 cm³/mol. The number of benzene rings is 3. The molecular weight excluding hydrogens is 1130 g/mol. The fourth-order valence-corrected chi connectivity index (χ4v) is 13.0. The summed E-state index contributed by atoms with van der Waals surface area (Å²) in [6, 6.07) is 27.4. The van der Waals surface area contributed by atoms with Crippen molar-refractivity contribution in [1.29, 1.82) is 0 Å². The number of halogens is 2. The number of aliphatic hydroxyl groups is 2. The van der Waals surface area contributed by atoms with Crippen LogP contribution in [0.1, 0.15) is 75.6 Å². The number of methoxy groups -OCH3 is 2. The monoisotopic (exact) mass is 1190 g/mol. The molecule has 3 saturated heterocycles. The first-order chi connectivity index (χ1) is 37.1. The Bertz CT molecular complexity index is 3000. The SMILES string of the molecule is COC(=O)[C@H](C)CP(=O)(OC[C@H]1O[C@@H]([n+]2cccc(C(N)=O)c2)[C@@H]2OC(c3c(C)cc(C)cc3C)O[C@@H]21)Oc1ccccc1.COC(=O)[C@H](C)CP(=O)(OC[C@H]1O[C@@H]([n+]2cccc(C(N)=O)c2)[C@H](O)[C@@H]1O)Oc1ccccc1.[Cl-].[Cl-]. The van der Waals surface area contributed by atoms with Crippen molar-refractivity contribution in [2.45, 2.75) is 90.0 Å². The van der Waals surface area contributed by atoms with Crippen LogP contribution in [0, 0.1) is 32.6 Å². The molecule has 3 fully saturated rings. The molecule has 8 rings (SSSR count). The van der Waals surface area contributed by atoms with Gasteiger partial charge in [0.25, 0.3) is 24.3 Å². The van der Waals surface area contributed by atoms with Crippen LogP contribution in [0.3, 0.4) is 0 Å². The summed E-state index contributed by atoms with van der Waals surface area (Å²) >= 11 is 0. The molecule has 3 unspecified atom stereocenters. The van der Waals surface area contributed by atoms with Crippen LogP contribution in [0.25, 0.3) is 0 Å². The summed E-state index contributed by atoms with van der Waals surface area (Å²) in [6.45, 7) is 8.59.